The number of nitrogens with one attached hydrogen (secondary N) is 1. The Morgan fingerprint density at radius 2 is 2.23 bits per heavy atom. The minimum atomic E-state index is 0.279. The van der Waals surface area contributed by atoms with E-state index in [9.17, 15) is 0 Å². The molecule has 0 aromatic heterocycles. The highest BCUT2D eigenvalue weighted by atomic mass is 32.2. The number of rotatable bonds is 8. The number of amidine groups is 1. The summed E-state index contributed by atoms with van der Waals surface area (Å²) in [6.07, 6.45) is 3.71. The van der Waals surface area contributed by atoms with Crippen molar-refractivity contribution in [3.8, 4) is 0 Å². The van der Waals surface area contributed by atoms with Gasteiger partial charge in [-0.2, -0.15) is 11.8 Å². The third-order valence-electron chi connectivity index (χ3n) is 1.78. The second kappa shape index (κ2) is 8.38. The maximum absolute atomic E-state index is 8.65. The van der Waals surface area contributed by atoms with Gasteiger partial charge in [0.15, 0.2) is 0 Å². The van der Waals surface area contributed by atoms with Crippen LogP contribution in [-0.2, 0) is 0 Å². The molecule has 0 aliphatic rings. The molecule has 1 atom stereocenters. The van der Waals surface area contributed by atoms with Crippen LogP contribution >= 0.6 is 11.8 Å². The molecule has 0 aromatic carbocycles. The SMILES string of the molecule is CC(CCO)SCCCCC(=N)N. The molecule has 0 aromatic rings. The zero-order chi connectivity index (χ0) is 10.1. The zero-order valence-electron chi connectivity index (χ0n) is 8.25. The van der Waals surface area contributed by atoms with Crippen LogP contribution in [0.5, 0.6) is 0 Å². The van der Waals surface area contributed by atoms with Gasteiger partial charge in [-0.25, -0.2) is 0 Å². The van der Waals surface area contributed by atoms with E-state index in [1.54, 1.807) is 0 Å². The number of hydrogen-bond donors (Lipinski definition) is 3. The maximum atomic E-state index is 8.65. The van der Waals surface area contributed by atoms with Gasteiger partial charge in [0, 0.05) is 18.3 Å². The van der Waals surface area contributed by atoms with E-state index in [2.05, 4.69) is 6.92 Å². The van der Waals surface area contributed by atoms with Gasteiger partial charge >= 0.3 is 0 Å². The molecule has 13 heavy (non-hydrogen) atoms. The minimum Gasteiger partial charge on any atom is -0.396 e. The summed E-state index contributed by atoms with van der Waals surface area (Å²) in [7, 11) is 0. The van der Waals surface area contributed by atoms with Crippen molar-refractivity contribution >= 4 is 17.6 Å². The Kier molecular flexibility index (Phi) is 8.24. The molecule has 0 radical (unpaired) electrons. The third-order valence-corrected chi connectivity index (χ3v) is 3.11. The van der Waals surface area contributed by atoms with Gasteiger partial charge < -0.3 is 10.8 Å². The quantitative estimate of drug-likeness (QED) is 0.319. The second-order valence-electron chi connectivity index (χ2n) is 3.18. The first-order valence-corrected chi connectivity index (χ1v) is 5.77. The number of hydrogen-bond acceptors (Lipinski definition) is 3. The summed E-state index contributed by atoms with van der Waals surface area (Å²) in [6.45, 7) is 2.41. The van der Waals surface area contributed by atoms with E-state index in [0.29, 0.717) is 5.25 Å². The topological polar surface area (TPSA) is 70.1 Å². The Morgan fingerprint density at radius 3 is 2.77 bits per heavy atom. The van der Waals surface area contributed by atoms with Crippen molar-refractivity contribution in [3.63, 3.8) is 0 Å². The highest BCUT2D eigenvalue weighted by molar-refractivity contribution is 7.99. The minimum absolute atomic E-state index is 0.279. The van der Waals surface area contributed by atoms with Crippen molar-refractivity contribution in [1.29, 1.82) is 5.41 Å². The fraction of sp³-hybridized carbons (Fsp3) is 0.889. The molecular weight excluding hydrogens is 184 g/mol. The predicted molar refractivity (Wildman–Crippen MR) is 59.4 cm³/mol. The highest BCUT2D eigenvalue weighted by Gasteiger charge is 2.00. The Balaban J connectivity index is 3.11. The highest BCUT2D eigenvalue weighted by Crippen LogP contribution is 2.15. The van der Waals surface area contributed by atoms with Crippen molar-refractivity contribution in [2.24, 2.45) is 5.73 Å². The largest absolute Gasteiger partial charge is 0.396 e. The fourth-order valence-electron chi connectivity index (χ4n) is 0.967. The predicted octanol–water partition coefficient (Wildman–Crippen LogP) is 1.60. The average molecular weight is 204 g/mol. The maximum Gasteiger partial charge on any atom is 0.0905 e. The summed E-state index contributed by atoms with van der Waals surface area (Å²) in [5, 5.41) is 16.2. The van der Waals surface area contributed by atoms with E-state index in [-0.39, 0.29) is 12.4 Å². The molecule has 0 saturated carbocycles. The Bertz CT molecular complexity index is 142. The first-order chi connectivity index (χ1) is 6.16. The van der Waals surface area contributed by atoms with Gasteiger partial charge in [-0.3, -0.25) is 5.41 Å². The first-order valence-electron chi connectivity index (χ1n) is 4.72. The van der Waals surface area contributed by atoms with Crippen molar-refractivity contribution in [3.05, 3.63) is 0 Å². The van der Waals surface area contributed by atoms with Gasteiger partial charge in [-0.1, -0.05) is 6.92 Å². The van der Waals surface area contributed by atoms with Crippen molar-refractivity contribution in [2.45, 2.75) is 37.9 Å². The average Bonchev–Trinajstić information content (AvgIpc) is 2.03. The second-order valence-corrected chi connectivity index (χ2v) is 4.72. The van der Waals surface area contributed by atoms with E-state index in [4.69, 9.17) is 16.2 Å². The van der Waals surface area contributed by atoms with Gasteiger partial charge in [-0.05, 0) is 25.0 Å². The molecular formula is C9H20N2OS. The summed E-state index contributed by atoms with van der Waals surface area (Å²) in [6, 6.07) is 0. The van der Waals surface area contributed by atoms with Crippen LogP contribution in [0.15, 0.2) is 0 Å². The van der Waals surface area contributed by atoms with Gasteiger partial charge in [0.1, 0.15) is 0 Å². The lowest BCUT2D eigenvalue weighted by Gasteiger charge is -2.08. The first kappa shape index (κ1) is 12.8. The lowest BCUT2D eigenvalue weighted by Crippen LogP contribution is -2.08. The van der Waals surface area contributed by atoms with Crippen LogP contribution in [0, 0.1) is 5.41 Å². The summed E-state index contributed by atoms with van der Waals surface area (Å²) in [5.41, 5.74) is 5.23. The molecule has 4 N–H and O–H groups in total. The van der Waals surface area contributed by atoms with E-state index in [0.717, 1.165) is 31.4 Å². The molecule has 0 fully saturated rings. The zero-order valence-corrected chi connectivity index (χ0v) is 9.07. The lowest BCUT2D eigenvalue weighted by atomic mass is 10.2. The van der Waals surface area contributed by atoms with Crippen LogP contribution < -0.4 is 5.73 Å². The van der Waals surface area contributed by atoms with Gasteiger partial charge in [0.25, 0.3) is 0 Å². The summed E-state index contributed by atoms with van der Waals surface area (Å²) in [4.78, 5) is 0. The molecule has 0 bridgehead atoms. The van der Waals surface area contributed by atoms with Crippen LogP contribution in [0.2, 0.25) is 0 Å². The number of aliphatic hydroxyl groups excluding tert-OH is 1. The van der Waals surface area contributed by atoms with Crippen molar-refractivity contribution < 1.29 is 5.11 Å². The molecule has 0 aliphatic carbocycles. The molecule has 4 heteroatoms. The molecule has 3 nitrogen and oxygen atoms in total. The Morgan fingerprint density at radius 1 is 1.54 bits per heavy atom. The van der Waals surface area contributed by atoms with Crippen LogP contribution in [0.4, 0.5) is 0 Å². The fourth-order valence-corrected chi connectivity index (χ4v) is 2.01. The molecule has 0 rings (SSSR count). The van der Waals surface area contributed by atoms with E-state index in [1.165, 1.54) is 0 Å². The monoisotopic (exact) mass is 204 g/mol. The Labute approximate surface area is 84.6 Å². The standard InChI is InChI=1S/C9H20N2OS/c1-8(5-6-12)13-7-3-2-4-9(10)11/h8,12H,2-7H2,1H3,(H3,10,11). The number of thioether (sulfide) groups is 1. The van der Waals surface area contributed by atoms with E-state index >= 15 is 0 Å². The molecule has 0 aliphatic heterocycles. The third kappa shape index (κ3) is 9.70. The van der Waals surface area contributed by atoms with Crippen LogP contribution in [0.3, 0.4) is 0 Å². The van der Waals surface area contributed by atoms with Crippen LogP contribution in [0.25, 0.3) is 0 Å². The van der Waals surface area contributed by atoms with Crippen molar-refractivity contribution in [2.75, 3.05) is 12.4 Å². The van der Waals surface area contributed by atoms with E-state index in [1.807, 2.05) is 11.8 Å². The smallest absolute Gasteiger partial charge is 0.0905 e. The van der Waals surface area contributed by atoms with Gasteiger partial charge in [0.2, 0.25) is 0 Å². The molecule has 0 saturated heterocycles. The molecule has 0 amide bonds. The summed E-state index contributed by atoms with van der Waals surface area (Å²) < 4.78 is 0. The van der Waals surface area contributed by atoms with Crippen molar-refractivity contribution in [1.82, 2.24) is 0 Å². The Hall–Kier alpha value is -0.220. The van der Waals surface area contributed by atoms with E-state index < -0.39 is 0 Å². The van der Waals surface area contributed by atoms with Gasteiger partial charge in [0.05, 0.1) is 5.84 Å². The summed E-state index contributed by atoms with van der Waals surface area (Å²) >= 11 is 1.88. The summed E-state index contributed by atoms with van der Waals surface area (Å²) in [5.74, 6) is 1.39. The van der Waals surface area contributed by atoms with Gasteiger partial charge in [-0.15, -0.1) is 0 Å². The molecule has 0 heterocycles. The van der Waals surface area contributed by atoms with Crippen LogP contribution in [-0.4, -0.2) is 28.6 Å². The molecule has 78 valence electrons. The molecule has 0 spiro atoms. The lowest BCUT2D eigenvalue weighted by molar-refractivity contribution is 0.289. The normalized spacial score (nSPS) is 12.8. The number of aliphatic hydroxyl groups is 1. The molecule has 1 unspecified atom stereocenters. The van der Waals surface area contributed by atoms with Crippen LogP contribution in [0.1, 0.15) is 32.6 Å². The number of nitrogens with two attached hydrogens (primary N) is 1. The number of unbranched alkanes of at least 4 members (excludes halogenated alkanes) is 1.